The average Bonchev–Trinajstić information content (AvgIpc) is 2.86. The molecular weight excluding hydrogens is 252 g/mol. The van der Waals surface area contributed by atoms with E-state index in [1.165, 1.54) is 0 Å². The molecule has 2 heterocycles. The number of rotatable bonds is 6. The highest BCUT2D eigenvalue weighted by Gasteiger charge is 2.31. The third-order valence-corrected chi connectivity index (χ3v) is 3.89. The predicted molar refractivity (Wildman–Crippen MR) is 80.7 cm³/mol. The number of aryl methyl sites for hydroxylation is 1. The van der Waals surface area contributed by atoms with Gasteiger partial charge < -0.3 is 10.1 Å². The molecule has 1 aromatic heterocycles. The summed E-state index contributed by atoms with van der Waals surface area (Å²) in [6.07, 6.45) is 3.29. The quantitative estimate of drug-likeness (QED) is 0.859. The summed E-state index contributed by atoms with van der Waals surface area (Å²) in [5.74, 6) is 0. The molecule has 1 aromatic rings. The number of nitrogens with one attached hydrogen (secondary N) is 1. The smallest absolute Gasteiger partial charge is 0.0913 e. The molecule has 1 fully saturated rings. The second-order valence-electron chi connectivity index (χ2n) is 5.84. The van der Waals surface area contributed by atoms with Crippen LogP contribution in [0.25, 0.3) is 0 Å². The third kappa shape index (κ3) is 3.81. The van der Waals surface area contributed by atoms with Gasteiger partial charge in [0.25, 0.3) is 0 Å². The van der Waals surface area contributed by atoms with Gasteiger partial charge in [0.1, 0.15) is 0 Å². The van der Waals surface area contributed by atoms with Crippen molar-refractivity contribution in [3.63, 3.8) is 0 Å². The van der Waals surface area contributed by atoms with Crippen molar-refractivity contribution in [1.29, 1.82) is 0 Å². The minimum absolute atomic E-state index is 0.174. The Labute approximate surface area is 122 Å². The summed E-state index contributed by atoms with van der Waals surface area (Å²) in [5, 5.41) is 8.17. The zero-order valence-electron chi connectivity index (χ0n) is 13.2. The van der Waals surface area contributed by atoms with Crippen molar-refractivity contribution in [2.75, 3.05) is 26.2 Å². The highest BCUT2D eigenvalue weighted by atomic mass is 16.5. The number of ether oxygens (including phenoxy) is 1. The van der Waals surface area contributed by atoms with Gasteiger partial charge in [-0.05, 0) is 32.9 Å². The number of hydrogen-bond acceptors (Lipinski definition) is 4. The molecule has 5 nitrogen and oxygen atoms in total. The van der Waals surface area contributed by atoms with Crippen LogP contribution in [-0.4, -0.2) is 53.1 Å². The van der Waals surface area contributed by atoms with Gasteiger partial charge in [0.05, 0.1) is 24.4 Å². The molecular formula is C15H28N4O. The summed E-state index contributed by atoms with van der Waals surface area (Å²) in [4.78, 5) is 2.48. The Hall–Kier alpha value is -0.910. The minimum Gasteiger partial charge on any atom is -0.374 e. The summed E-state index contributed by atoms with van der Waals surface area (Å²) in [7, 11) is 1.96. The first-order valence-electron chi connectivity index (χ1n) is 7.70. The molecule has 0 bridgehead atoms. The summed E-state index contributed by atoms with van der Waals surface area (Å²) >= 11 is 0. The van der Waals surface area contributed by atoms with E-state index < -0.39 is 0 Å². The van der Waals surface area contributed by atoms with Crippen LogP contribution in [0.2, 0.25) is 0 Å². The van der Waals surface area contributed by atoms with Gasteiger partial charge in [-0.1, -0.05) is 6.92 Å². The molecule has 1 aliphatic heterocycles. The SMILES string of the molecule is CCCNC(c1ccn(C)n1)C1CN(C(C)C)CCO1. The van der Waals surface area contributed by atoms with Crippen molar-refractivity contribution in [3.05, 3.63) is 18.0 Å². The van der Waals surface area contributed by atoms with Crippen molar-refractivity contribution in [2.24, 2.45) is 7.05 Å². The van der Waals surface area contributed by atoms with Crippen LogP contribution in [0.5, 0.6) is 0 Å². The van der Waals surface area contributed by atoms with Crippen molar-refractivity contribution in [2.45, 2.75) is 45.4 Å². The van der Waals surface area contributed by atoms with E-state index in [4.69, 9.17) is 4.74 Å². The van der Waals surface area contributed by atoms with Crippen molar-refractivity contribution in [1.82, 2.24) is 20.0 Å². The lowest BCUT2D eigenvalue weighted by Gasteiger charge is -2.38. The topological polar surface area (TPSA) is 42.3 Å². The van der Waals surface area contributed by atoms with Crippen molar-refractivity contribution in [3.8, 4) is 0 Å². The van der Waals surface area contributed by atoms with Gasteiger partial charge in [0.2, 0.25) is 0 Å². The van der Waals surface area contributed by atoms with E-state index in [0.717, 1.165) is 38.4 Å². The van der Waals surface area contributed by atoms with Crippen LogP contribution >= 0.6 is 0 Å². The van der Waals surface area contributed by atoms with E-state index in [1.54, 1.807) is 0 Å². The molecule has 0 aromatic carbocycles. The fourth-order valence-electron chi connectivity index (χ4n) is 2.69. The average molecular weight is 280 g/mol. The molecule has 0 spiro atoms. The fourth-order valence-corrected chi connectivity index (χ4v) is 2.69. The van der Waals surface area contributed by atoms with Gasteiger partial charge >= 0.3 is 0 Å². The van der Waals surface area contributed by atoms with E-state index in [0.29, 0.717) is 6.04 Å². The zero-order chi connectivity index (χ0) is 14.5. The van der Waals surface area contributed by atoms with E-state index in [9.17, 15) is 0 Å². The van der Waals surface area contributed by atoms with E-state index >= 15 is 0 Å². The first-order chi connectivity index (χ1) is 9.61. The summed E-state index contributed by atoms with van der Waals surface area (Å²) in [6.45, 7) is 10.5. The molecule has 1 aliphatic rings. The molecule has 0 saturated carbocycles. The maximum atomic E-state index is 6.03. The molecule has 0 amide bonds. The molecule has 5 heteroatoms. The molecule has 2 unspecified atom stereocenters. The third-order valence-electron chi connectivity index (χ3n) is 3.89. The number of aromatic nitrogens is 2. The van der Waals surface area contributed by atoms with Crippen LogP contribution in [0.4, 0.5) is 0 Å². The molecule has 114 valence electrons. The van der Waals surface area contributed by atoms with Gasteiger partial charge in [0.15, 0.2) is 0 Å². The largest absolute Gasteiger partial charge is 0.374 e. The van der Waals surface area contributed by atoms with E-state index in [-0.39, 0.29) is 12.1 Å². The van der Waals surface area contributed by atoms with Crippen LogP contribution in [0.3, 0.4) is 0 Å². The molecule has 2 rings (SSSR count). The Bertz CT molecular complexity index is 404. The lowest BCUT2D eigenvalue weighted by molar-refractivity contribution is -0.0567. The lowest BCUT2D eigenvalue weighted by Crippen LogP contribution is -2.50. The number of hydrogen-bond donors (Lipinski definition) is 1. The Kier molecular flexibility index (Phi) is 5.57. The highest BCUT2D eigenvalue weighted by molar-refractivity contribution is 5.08. The number of nitrogens with zero attached hydrogens (tertiary/aromatic N) is 3. The maximum Gasteiger partial charge on any atom is 0.0913 e. The first kappa shape index (κ1) is 15.5. The monoisotopic (exact) mass is 280 g/mol. The predicted octanol–water partition coefficient (Wildman–Crippen LogP) is 1.57. The molecule has 1 N–H and O–H groups in total. The molecule has 1 saturated heterocycles. The normalized spacial score (nSPS) is 22.4. The standard InChI is InChI=1S/C15H28N4O/c1-5-7-16-15(13-6-8-18(4)17-13)14-11-19(12(2)3)9-10-20-14/h6,8,12,14-16H,5,7,9-11H2,1-4H3. The Balaban J connectivity index is 2.09. The van der Waals surface area contributed by atoms with Crippen LogP contribution in [0.1, 0.15) is 38.9 Å². The maximum absolute atomic E-state index is 6.03. The van der Waals surface area contributed by atoms with Gasteiger partial charge in [-0.25, -0.2) is 0 Å². The van der Waals surface area contributed by atoms with Gasteiger partial charge in [-0.3, -0.25) is 9.58 Å². The van der Waals surface area contributed by atoms with Gasteiger partial charge in [-0.15, -0.1) is 0 Å². The van der Waals surface area contributed by atoms with Crippen LogP contribution < -0.4 is 5.32 Å². The summed E-state index contributed by atoms with van der Waals surface area (Å²) in [5.41, 5.74) is 1.08. The fraction of sp³-hybridized carbons (Fsp3) is 0.800. The Morgan fingerprint density at radius 2 is 2.30 bits per heavy atom. The van der Waals surface area contributed by atoms with Crippen molar-refractivity contribution < 1.29 is 4.74 Å². The van der Waals surface area contributed by atoms with Gasteiger partial charge in [0, 0.05) is 32.4 Å². The summed E-state index contributed by atoms with van der Waals surface area (Å²) < 4.78 is 7.89. The highest BCUT2D eigenvalue weighted by Crippen LogP contribution is 2.22. The van der Waals surface area contributed by atoms with Crippen molar-refractivity contribution >= 4 is 0 Å². The second-order valence-corrected chi connectivity index (χ2v) is 5.84. The molecule has 0 radical (unpaired) electrons. The molecule has 0 aliphatic carbocycles. The number of morpholine rings is 1. The minimum atomic E-state index is 0.174. The lowest BCUT2D eigenvalue weighted by atomic mass is 10.0. The molecule has 2 atom stereocenters. The van der Waals surface area contributed by atoms with E-state index in [2.05, 4.69) is 42.2 Å². The Morgan fingerprint density at radius 1 is 1.50 bits per heavy atom. The van der Waals surface area contributed by atoms with E-state index in [1.807, 2.05) is 17.9 Å². The van der Waals surface area contributed by atoms with Crippen LogP contribution in [0.15, 0.2) is 12.3 Å². The second kappa shape index (κ2) is 7.20. The van der Waals surface area contributed by atoms with Crippen LogP contribution in [0, 0.1) is 0 Å². The van der Waals surface area contributed by atoms with Crippen LogP contribution in [-0.2, 0) is 11.8 Å². The zero-order valence-corrected chi connectivity index (χ0v) is 13.2. The summed E-state index contributed by atoms with van der Waals surface area (Å²) in [6, 6.07) is 2.83. The van der Waals surface area contributed by atoms with Gasteiger partial charge in [-0.2, -0.15) is 5.10 Å². The Morgan fingerprint density at radius 3 is 2.90 bits per heavy atom. The molecule has 20 heavy (non-hydrogen) atoms. The first-order valence-corrected chi connectivity index (χ1v) is 7.70.